The molecule has 0 unspecified atom stereocenters. The first-order valence-corrected chi connectivity index (χ1v) is 8.13. The lowest BCUT2D eigenvalue weighted by molar-refractivity contribution is 0.304. The third-order valence-corrected chi connectivity index (χ3v) is 4.78. The van der Waals surface area contributed by atoms with E-state index in [4.69, 9.17) is 4.74 Å². The number of ether oxygens (including phenoxy) is 1. The van der Waals surface area contributed by atoms with Crippen LogP contribution in [0.1, 0.15) is 12.0 Å². The second-order valence-corrected chi connectivity index (χ2v) is 6.19. The van der Waals surface area contributed by atoms with Crippen LogP contribution in [-0.4, -0.2) is 32.3 Å². The van der Waals surface area contributed by atoms with Crippen molar-refractivity contribution >= 4 is 5.69 Å². The maximum absolute atomic E-state index is 6.07. The van der Waals surface area contributed by atoms with Crippen LogP contribution in [0.2, 0.25) is 0 Å². The molecule has 2 heterocycles. The van der Waals surface area contributed by atoms with Crippen LogP contribution in [0, 0.1) is 6.92 Å². The molecule has 0 aromatic heterocycles. The molecular formula is C19H22N2O. The smallest absolute Gasteiger partial charge is 0.143 e. The van der Waals surface area contributed by atoms with Crippen molar-refractivity contribution in [1.29, 1.82) is 0 Å². The van der Waals surface area contributed by atoms with Crippen molar-refractivity contribution in [2.24, 2.45) is 0 Å². The highest BCUT2D eigenvalue weighted by atomic mass is 16.5. The monoisotopic (exact) mass is 294 g/mol. The van der Waals surface area contributed by atoms with Crippen LogP contribution < -0.4 is 15.0 Å². The van der Waals surface area contributed by atoms with Gasteiger partial charge in [-0.3, -0.25) is 0 Å². The van der Waals surface area contributed by atoms with Gasteiger partial charge in [0.1, 0.15) is 5.75 Å². The predicted octanol–water partition coefficient (Wildman–Crippen LogP) is 3.22. The van der Waals surface area contributed by atoms with E-state index in [1.165, 1.54) is 22.4 Å². The lowest BCUT2D eigenvalue weighted by Crippen LogP contribution is -2.51. The van der Waals surface area contributed by atoms with Gasteiger partial charge in [0.25, 0.3) is 0 Å². The molecule has 3 heteroatoms. The van der Waals surface area contributed by atoms with Crippen LogP contribution in [-0.2, 0) is 0 Å². The van der Waals surface area contributed by atoms with E-state index in [-0.39, 0.29) is 0 Å². The predicted molar refractivity (Wildman–Crippen MR) is 90.7 cm³/mol. The number of benzene rings is 2. The van der Waals surface area contributed by atoms with E-state index in [1.807, 2.05) is 0 Å². The first kappa shape index (κ1) is 13.6. The Morgan fingerprint density at radius 3 is 3.00 bits per heavy atom. The fourth-order valence-corrected chi connectivity index (χ4v) is 3.57. The lowest BCUT2D eigenvalue weighted by Gasteiger charge is -2.36. The van der Waals surface area contributed by atoms with Gasteiger partial charge in [0.15, 0.2) is 0 Å². The summed E-state index contributed by atoms with van der Waals surface area (Å²) in [6, 6.07) is 15.8. The molecule has 0 radical (unpaired) electrons. The summed E-state index contributed by atoms with van der Waals surface area (Å²) < 4.78 is 6.07. The van der Waals surface area contributed by atoms with E-state index in [0.717, 1.165) is 38.4 Å². The van der Waals surface area contributed by atoms with Crippen molar-refractivity contribution in [1.82, 2.24) is 5.32 Å². The minimum atomic E-state index is 0.555. The van der Waals surface area contributed by atoms with Gasteiger partial charge >= 0.3 is 0 Å². The molecule has 0 saturated carbocycles. The molecular weight excluding hydrogens is 272 g/mol. The van der Waals surface area contributed by atoms with Crippen LogP contribution in [0.25, 0.3) is 11.1 Å². The van der Waals surface area contributed by atoms with E-state index in [9.17, 15) is 0 Å². The molecule has 0 bridgehead atoms. The molecule has 1 saturated heterocycles. The standard InChI is InChI=1S/C19H22N2O/c1-14-4-2-3-5-17(14)15-6-7-18-19(12-15)22-11-8-16-13-20-9-10-21(16)18/h2-7,12,16,20H,8-11,13H2,1H3/t16-/m0/s1. The second-order valence-electron chi connectivity index (χ2n) is 6.19. The van der Waals surface area contributed by atoms with Crippen molar-refractivity contribution in [3.05, 3.63) is 48.0 Å². The molecule has 0 amide bonds. The first-order chi connectivity index (χ1) is 10.8. The normalized spacial score (nSPS) is 20.6. The Hall–Kier alpha value is -2.00. The van der Waals surface area contributed by atoms with Gasteiger partial charge in [-0.1, -0.05) is 30.3 Å². The average molecular weight is 294 g/mol. The van der Waals surface area contributed by atoms with Crippen LogP contribution in [0.3, 0.4) is 0 Å². The Balaban J connectivity index is 1.75. The molecule has 2 aliphatic heterocycles. The molecule has 2 aromatic carbocycles. The van der Waals surface area contributed by atoms with Gasteiger partial charge in [0, 0.05) is 32.1 Å². The molecule has 0 spiro atoms. The zero-order chi connectivity index (χ0) is 14.9. The molecule has 1 fully saturated rings. The van der Waals surface area contributed by atoms with Crippen molar-refractivity contribution in [3.63, 3.8) is 0 Å². The Morgan fingerprint density at radius 1 is 1.18 bits per heavy atom. The average Bonchev–Trinajstić information content (AvgIpc) is 2.74. The number of nitrogens with zero attached hydrogens (tertiary/aromatic N) is 1. The maximum Gasteiger partial charge on any atom is 0.143 e. The SMILES string of the molecule is Cc1ccccc1-c1ccc2c(c1)OCC[C@H]1CNCCN21. The summed E-state index contributed by atoms with van der Waals surface area (Å²) in [5.74, 6) is 1.03. The summed E-state index contributed by atoms with van der Waals surface area (Å²) in [6.45, 7) is 6.13. The topological polar surface area (TPSA) is 24.5 Å². The zero-order valence-electron chi connectivity index (χ0n) is 13.0. The van der Waals surface area contributed by atoms with Gasteiger partial charge in [0.2, 0.25) is 0 Å². The number of hydrogen-bond donors (Lipinski definition) is 1. The number of hydrogen-bond acceptors (Lipinski definition) is 3. The quantitative estimate of drug-likeness (QED) is 0.874. The van der Waals surface area contributed by atoms with Gasteiger partial charge in [-0.05, 0) is 35.7 Å². The van der Waals surface area contributed by atoms with Gasteiger partial charge in [0.05, 0.1) is 12.3 Å². The Bertz CT molecular complexity index is 683. The highest BCUT2D eigenvalue weighted by Gasteiger charge is 2.27. The summed E-state index contributed by atoms with van der Waals surface area (Å²) >= 11 is 0. The van der Waals surface area contributed by atoms with Crippen LogP contribution >= 0.6 is 0 Å². The largest absolute Gasteiger partial charge is 0.491 e. The molecule has 114 valence electrons. The Labute approximate surface area is 131 Å². The van der Waals surface area contributed by atoms with Crippen LogP contribution in [0.15, 0.2) is 42.5 Å². The van der Waals surface area contributed by atoms with Crippen LogP contribution in [0.5, 0.6) is 5.75 Å². The number of anilines is 1. The number of fused-ring (bicyclic) bond motifs is 3. The third-order valence-electron chi connectivity index (χ3n) is 4.78. The second kappa shape index (κ2) is 5.65. The summed E-state index contributed by atoms with van der Waals surface area (Å²) in [6.07, 6.45) is 1.08. The van der Waals surface area contributed by atoms with Crippen LogP contribution in [0.4, 0.5) is 5.69 Å². The lowest BCUT2D eigenvalue weighted by atomic mass is 9.99. The fourth-order valence-electron chi connectivity index (χ4n) is 3.57. The van der Waals surface area contributed by atoms with Crippen molar-refractivity contribution in [2.45, 2.75) is 19.4 Å². The highest BCUT2D eigenvalue weighted by Crippen LogP contribution is 2.37. The minimum absolute atomic E-state index is 0.555. The minimum Gasteiger partial charge on any atom is -0.491 e. The van der Waals surface area contributed by atoms with Gasteiger partial charge < -0.3 is 15.0 Å². The maximum atomic E-state index is 6.07. The Morgan fingerprint density at radius 2 is 2.09 bits per heavy atom. The molecule has 1 N–H and O–H groups in total. The van der Waals surface area contributed by atoms with Crippen molar-refractivity contribution in [3.8, 4) is 16.9 Å². The summed E-state index contributed by atoms with van der Waals surface area (Å²) in [5, 5.41) is 3.49. The third kappa shape index (κ3) is 2.35. The highest BCUT2D eigenvalue weighted by molar-refractivity contribution is 5.74. The van der Waals surface area contributed by atoms with E-state index < -0.39 is 0 Å². The number of rotatable bonds is 1. The summed E-state index contributed by atoms with van der Waals surface area (Å²) in [7, 11) is 0. The van der Waals surface area contributed by atoms with E-state index >= 15 is 0 Å². The number of piperazine rings is 1. The number of aryl methyl sites for hydroxylation is 1. The molecule has 22 heavy (non-hydrogen) atoms. The first-order valence-electron chi connectivity index (χ1n) is 8.13. The number of nitrogens with one attached hydrogen (secondary N) is 1. The molecule has 2 aromatic rings. The van der Waals surface area contributed by atoms with Crippen molar-refractivity contribution in [2.75, 3.05) is 31.1 Å². The molecule has 3 nitrogen and oxygen atoms in total. The van der Waals surface area contributed by atoms with Crippen molar-refractivity contribution < 1.29 is 4.74 Å². The van der Waals surface area contributed by atoms with Gasteiger partial charge in [-0.15, -0.1) is 0 Å². The molecule has 4 rings (SSSR count). The molecule has 1 atom stereocenters. The van der Waals surface area contributed by atoms with E-state index in [2.05, 4.69) is 59.6 Å². The summed E-state index contributed by atoms with van der Waals surface area (Å²) in [5.41, 5.74) is 5.08. The molecule has 0 aliphatic carbocycles. The zero-order valence-corrected chi connectivity index (χ0v) is 13.0. The van der Waals surface area contributed by atoms with Gasteiger partial charge in [-0.25, -0.2) is 0 Å². The van der Waals surface area contributed by atoms with E-state index in [1.54, 1.807) is 0 Å². The van der Waals surface area contributed by atoms with E-state index in [0.29, 0.717) is 6.04 Å². The Kier molecular flexibility index (Phi) is 3.51. The summed E-state index contributed by atoms with van der Waals surface area (Å²) in [4.78, 5) is 2.51. The molecule has 2 aliphatic rings. The van der Waals surface area contributed by atoms with Gasteiger partial charge in [-0.2, -0.15) is 0 Å². The fraction of sp³-hybridized carbons (Fsp3) is 0.368.